The zero-order valence-electron chi connectivity index (χ0n) is 11.7. The van der Waals surface area contributed by atoms with E-state index in [0.29, 0.717) is 11.9 Å². The van der Waals surface area contributed by atoms with E-state index in [2.05, 4.69) is 53.6 Å². The topological polar surface area (TPSA) is 79.1 Å². The Morgan fingerprint density at radius 2 is 2.00 bits per heavy atom. The number of hydrogen-bond donors (Lipinski definition) is 3. The highest BCUT2D eigenvalue weighted by Crippen LogP contribution is 2.21. The van der Waals surface area contributed by atoms with E-state index < -0.39 is 0 Å². The van der Waals surface area contributed by atoms with Crippen molar-refractivity contribution in [3.63, 3.8) is 0 Å². The average molecular weight is 252 g/mol. The molecule has 0 aliphatic rings. The van der Waals surface area contributed by atoms with Crippen LogP contribution < -0.4 is 16.6 Å². The summed E-state index contributed by atoms with van der Waals surface area (Å²) in [5.41, 5.74) is 3.68. The van der Waals surface area contributed by atoms with Crippen molar-refractivity contribution in [1.82, 2.24) is 14.9 Å². The molecule has 1 aromatic rings. The second kappa shape index (κ2) is 7.13. The van der Waals surface area contributed by atoms with E-state index in [-0.39, 0.29) is 0 Å². The number of nitrogens with one attached hydrogen (secondary N) is 2. The number of anilines is 2. The molecule has 1 unspecified atom stereocenters. The van der Waals surface area contributed by atoms with Gasteiger partial charge in [0, 0.05) is 18.2 Å². The monoisotopic (exact) mass is 252 g/mol. The fraction of sp³-hybridized carbons (Fsp3) is 0.667. The lowest BCUT2D eigenvalue weighted by Crippen LogP contribution is -2.30. The molecular formula is C12H24N6. The highest BCUT2D eigenvalue weighted by atomic mass is 15.3. The van der Waals surface area contributed by atoms with Gasteiger partial charge in [-0.1, -0.05) is 13.3 Å². The second-order valence-corrected chi connectivity index (χ2v) is 4.75. The summed E-state index contributed by atoms with van der Waals surface area (Å²) in [5, 5.41) is 3.41. The molecule has 6 nitrogen and oxygen atoms in total. The normalized spacial score (nSPS) is 12.6. The van der Waals surface area contributed by atoms with E-state index in [1.165, 1.54) is 6.33 Å². The van der Waals surface area contributed by atoms with Gasteiger partial charge in [-0.25, -0.2) is 15.8 Å². The van der Waals surface area contributed by atoms with E-state index in [4.69, 9.17) is 5.84 Å². The zero-order chi connectivity index (χ0) is 13.5. The molecule has 102 valence electrons. The van der Waals surface area contributed by atoms with Gasteiger partial charge in [-0.2, -0.15) is 0 Å². The van der Waals surface area contributed by atoms with Crippen LogP contribution in [0.2, 0.25) is 0 Å². The predicted octanol–water partition coefficient (Wildman–Crippen LogP) is 1.08. The first kappa shape index (κ1) is 14.7. The van der Waals surface area contributed by atoms with Gasteiger partial charge in [0.15, 0.2) is 0 Å². The second-order valence-electron chi connectivity index (χ2n) is 4.75. The fourth-order valence-corrected chi connectivity index (χ4v) is 1.97. The van der Waals surface area contributed by atoms with Crippen LogP contribution in [0.4, 0.5) is 11.6 Å². The Hall–Kier alpha value is -1.40. The number of rotatable bonds is 7. The van der Waals surface area contributed by atoms with Gasteiger partial charge in [0.05, 0.1) is 0 Å². The Kier molecular flexibility index (Phi) is 5.80. The summed E-state index contributed by atoms with van der Waals surface area (Å²) in [6.07, 6.45) is 3.45. The Labute approximate surface area is 109 Å². The first-order valence-corrected chi connectivity index (χ1v) is 6.30. The van der Waals surface area contributed by atoms with Crippen LogP contribution in [0.3, 0.4) is 0 Å². The van der Waals surface area contributed by atoms with Crippen LogP contribution in [0.5, 0.6) is 0 Å². The van der Waals surface area contributed by atoms with Crippen molar-refractivity contribution in [3.8, 4) is 0 Å². The number of likely N-dealkylation sites (N-methyl/N-ethyl adjacent to an activating group) is 1. The number of nitrogens with two attached hydrogens (primary N) is 1. The number of aromatic nitrogens is 2. The molecule has 1 heterocycles. The Morgan fingerprint density at radius 1 is 1.33 bits per heavy atom. The minimum atomic E-state index is 0.316. The van der Waals surface area contributed by atoms with E-state index in [9.17, 15) is 0 Å². The summed E-state index contributed by atoms with van der Waals surface area (Å²) >= 11 is 0. The maximum absolute atomic E-state index is 5.49. The molecule has 0 spiro atoms. The molecule has 0 saturated carbocycles. The van der Waals surface area contributed by atoms with E-state index >= 15 is 0 Å². The third-order valence-electron chi connectivity index (χ3n) is 2.60. The van der Waals surface area contributed by atoms with Gasteiger partial charge in [0.25, 0.3) is 0 Å². The van der Waals surface area contributed by atoms with Gasteiger partial charge in [0.1, 0.15) is 18.0 Å². The quantitative estimate of drug-likeness (QED) is 0.498. The van der Waals surface area contributed by atoms with E-state index in [1.807, 2.05) is 0 Å². The van der Waals surface area contributed by atoms with Crippen molar-refractivity contribution in [2.24, 2.45) is 5.84 Å². The zero-order valence-corrected chi connectivity index (χ0v) is 11.7. The molecule has 0 saturated heterocycles. The van der Waals surface area contributed by atoms with Crippen LogP contribution in [0.25, 0.3) is 0 Å². The lowest BCUT2D eigenvalue weighted by Gasteiger charge is -2.21. The third kappa shape index (κ3) is 4.12. The van der Waals surface area contributed by atoms with Crippen molar-refractivity contribution in [2.75, 3.05) is 31.4 Å². The number of nitrogen functional groups attached to an aromatic ring is 1. The highest BCUT2D eigenvalue weighted by Gasteiger charge is 2.12. The standard InChI is InChI=1S/C12H24N6/c1-5-6-10-11(14-8-15-12(10)17-13)16-9(2)7-18(3)4/h8-9H,5-7,13H2,1-4H3,(H2,14,15,16,17). The molecule has 1 rings (SSSR count). The van der Waals surface area contributed by atoms with Gasteiger partial charge in [-0.3, -0.25) is 0 Å². The van der Waals surface area contributed by atoms with Gasteiger partial charge in [-0.05, 0) is 27.4 Å². The Balaban J connectivity index is 2.86. The molecule has 0 aliphatic heterocycles. The smallest absolute Gasteiger partial charge is 0.148 e. The molecule has 0 aliphatic carbocycles. The van der Waals surface area contributed by atoms with Crippen LogP contribution in [-0.4, -0.2) is 41.5 Å². The Morgan fingerprint density at radius 3 is 2.56 bits per heavy atom. The van der Waals surface area contributed by atoms with Gasteiger partial charge >= 0.3 is 0 Å². The van der Waals surface area contributed by atoms with Crippen molar-refractivity contribution < 1.29 is 0 Å². The molecule has 18 heavy (non-hydrogen) atoms. The SMILES string of the molecule is CCCc1c(NN)ncnc1NC(C)CN(C)C. The molecule has 0 bridgehead atoms. The molecule has 0 amide bonds. The van der Waals surface area contributed by atoms with Crippen LogP contribution in [0, 0.1) is 0 Å². The largest absolute Gasteiger partial charge is 0.366 e. The summed E-state index contributed by atoms with van der Waals surface area (Å²) in [7, 11) is 4.11. The number of nitrogens with zero attached hydrogens (tertiary/aromatic N) is 3. The van der Waals surface area contributed by atoms with Crippen molar-refractivity contribution in [1.29, 1.82) is 0 Å². The fourth-order valence-electron chi connectivity index (χ4n) is 1.97. The van der Waals surface area contributed by atoms with E-state index in [0.717, 1.165) is 30.8 Å². The highest BCUT2D eigenvalue weighted by molar-refractivity contribution is 5.57. The Bertz CT molecular complexity index is 366. The molecule has 0 radical (unpaired) electrons. The first-order valence-electron chi connectivity index (χ1n) is 6.30. The van der Waals surface area contributed by atoms with Crippen LogP contribution >= 0.6 is 0 Å². The third-order valence-corrected chi connectivity index (χ3v) is 2.60. The minimum Gasteiger partial charge on any atom is -0.366 e. The lowest BCUT2D eigenvalue weighted by atomic mass is 10.1. The molecule has 1 aromatic heterocycles. The molecule has 4 N–H and O–H groups in total. The van der Waals surface area contributed by atoms with Crippen LogP contribution in [-0.2, 0) is 6.42 Å². The van der Waals surface area contributed by atoms with Gasteiger partial charge < -0.3 is 15.6 Å². The molecule has 0 aromatic carbocycles. The maximum atomic E-state index is 5.49. The summed E-state index contributed by atoms with van der Waals surface area (Å²) in [6.45, 7) is 5.20. The predicted molar refractivity (Wildman–Crippen MR) is 75.5 cm³/mol. The van der Waals surface area contributed by atoms with Crippen molar-refractivity contribution >= 4 is 11.6 Å². The number of hydrogen-bond acceptors (Lipinski definition) is 6. The maximum Gasteiger partial charge on any atom is 0.148 e. The first-order chi connectivity index (χ1) is 8.58. The number of hydrazine groups is 1. The van der Waals surface area contributed by atoms with Crippen molar-refractivity contribution in [3.05, 3.63) is 11.9 Å². The lowest BCUT2D eigenvalue weighted by molar-refractivity contribution is 0.391. The van der Waals surface area contributed by atoms with Gasteiger partial charge in [0.2, 0.25) is 0 Å². The van der Waals surface area contributed by atoms with Crippen LogP contribution in [0.15, 0.2) is 6.33 Å². The summed E-state index contributed by atoms with van der Waals surface area (Å²) < 4.78 is 0. The summed E-state index contributed by atoms with van der Waals surface area (Å²) in [5.74, 6) is 7.06. The average Bonchev–Trinajstić information content (AvgIpc) is 2.30. The summed E-state index contributed by atoms with van der Waals surface area (Å²) in [4.78, 5) is 10.6. The molecule has 6 heteroatoms. The van der Waals surface area contributed by atoms with Crippen LogP contribution in [0.1, 0.15) is 25.8 Å². The molecule has 0 fully saturated rings. The molecule has 1 atom stereocenters. The minimum absolute atomic E-state index is 0.316. The summed E-state index contributed by atoms with van der Waals surface area (Å²) in [6, 6.07) is 0.316. The van der Waals surface area contributed by atoms with Crippen molar-refractivity contribution in [2.45, 2.75) is 32.7 Å². The van der Waals surface area contributed by atoms with E-state index in [1.54, 1.807) is 0 Å². The molecular weight excluding hydrogens is 228 g/mol. The van der Waals surface area contributed by atoms with Gasteiger partial charge in [-0.15, -0.1) is 0 Å².